The molecule has 0 bridgehead atoms. The molecule has 0 fully saturated rings. The van der Waals surface area contributed by atoms with Gasteiger partial charge in [-0.05, 0) is 24.3 Å². The number of nitrogens with one attached hydrogen (secondary N) is 1. The van der Waals surface area contributed by atoms with Crippen LogP contribution in [0.2, 0.25) is 0 Å². The van der Waals surface area contributed by atoms with Gasteiger partial charge in [-0.2, -0.15) is 0 Å². The van der Waals surface area contributed by atoms with Crippen LogP contribution >= 0.6 is 0 Å². The number of aromatic hydroxyl groups is 2. The van der Waals surface area contributed by atoms with Gasteiger partial charge < -0.3 is 20.1 Å². The Morgan fingerprint density at radius 1 is 1.00 bits per heavy atom. The van der Waals surface area contributed by atoms with E-state index in [4.69, 9.17) is 0 Å². The fraction of sp³-hybridized carbons (Fsp3) is 0.0435. The summed E-state index contributed by atoms with van der Waals surface area (Å²) in [6, 6.07) is 18.0. The maximum Gasteiger partial charge on any atom is 0.299 e. The average molecular weight is 459 g/mol. The van der Waals surface area contributed by atoms with Gasteiger partial charge in [-0.3, -0.25) is 19.7 Å². The normalized spacial score (nSPS) is 11.1. The average Bonchev–Trinajstić information content (AvgIpc) is 3.08. The molecule has 0 saturated heterocycles. The molecule has 11 nitrogen and oxygen atoms in total. The third-order valence-electron chi connectivity index (χ3n) is 4.94. The van der Waals surface area contributed by atoms with Crippen LogP contribution in [0.5, 0.6) is 11.6 Å². The number of carbonyl (C=O) groups is 2. The van der Waals surface area contributed by atoms with Crippen LogP contribution in [0.1, 0.15) is 10.4 Å². The van der Waals surface area contributed by atoms with Gasteiger partial charge >= 0.3 is 0 Å². The number of aromatic nitrogens is 1. The Labute approximate surface area is 191 Å². The highest BCUT2D eigenvalue weighted by atomic mass is 16.6. The number of para-hydroxylation sites is 2. The second-order valence-corrected chi connectivity index (χ2v) is 7.15. The van der Waals surface area contributed by atoms with Gasteiger partial charge in [0.05, 0.1) is 16.0 Å². The van der Waals surface area contributed by atoms with Crippen LogP contribution in [0.15, 0.2) is 83.0 Å². The van der Waals surface area contributed by atoms with E-state index in [9.17, 15) is 29.9 Å². The van der Waals surface area contributed by atoms with Crippen molar-refractivity contribution in [2.75, 3.05) is 5.32 Å². The second-order valence-electron chi connectivity index (χ2n) is 7.15. The van der Waals surface area contributed by atoms with Crippen LogP contribution in [0, 0.1) is 10.1 Å². The molecule has 0 radical (unpaired) electrons. The lowest BCUT2D eigenvalue weighted by molar-refractivity contribution is -0.384. The molecule has 4 aromatic rings. The quantitative estimate of drug-likeness (QED) is 0.218. The minimum atomic E-state index is -0.808. The van der Waals surface area contributed by atoms with Gasteiger partial charge in [0.25, 0.3) is 11.6 Å². The van der Waals surface area contributed by atoms with Gasteiger partial charge in [0.2, 0.25) is 11.8 Å². The highest BCUT2D eigenvalue weighted by molar-refractivity contribution is 5.99. The molecule has 1 heterocycles. The number of nitro groups is 1. The summed E-state index contributed by atoms with van der Waals surface area (Å²) in [6.07, 6.45) is 0. The van der Waals surface area contributed by atoms with Crippen molar-refractivity contribution in [2.45, 2.75) is 6.54 Å². The number of phenolic OH excluding ortho intramolecular Hbond substituents is 1. The number of benzene rings is 3. The number of anilines is 1. The van der Waals surface area contributed by atoms with Crippen LogP contribution in [0.3, 0.4) is 0 Å². The fourth-order valence-electron chi connectivity index (χ4n) is 3.38. The lowest BCUT2D eigenvalue weighted by Crippen LogP contribution is -2.18. The van der Waals surface area contributed by atoms with E-state index in [-0.39, 0.29) is 34.9 Å². The van der Waals surface area contributed by atoms with Crippen molar-refractivity contribution in [3.63, 3.8) is 0 Å². The summed E-state index contributed by atoms with van der Waals surface area (Å²) >= 11 is 0. The number of amides is 2. The Balaban J connectivity index is 1.62. The number of carbonyl (C=O) groups excluding carboxylic acids is 2. The number of hydrogen-bond acceptors (Lipinski definition) is 7. The summed E-state index contributed by atoms with van der Waals surface area (Å²) in [5.74, 6) is -2.01. The molecule has 2 amide bonds. The van der Waals surface area contributed by atoms with Crippen molar-refractivity contribution in [3.8, 4) is 11.6 Å². The minimum absolute atomic E-state index is 0.0254. The maximum atomic E-state index is 12.6. The summed E-state index contributed by atoms with van der Waals surface area (Å²) in [4.78, 5) is 35.3. The monoisotopic (exact) mass is 459 g/mol. The van der Waals surface area contributed by atoms with E-state index in [2.05, 4.69) is 15.5 Å². The van der Waals surface area contributed by atoms with E-state index in [1.165, 1.54) is 41.0 Å². The number of azo groups is 1. The van der Waals surface area contributed by atoms with Crippen LogP contribution in [-0.4, -0.2) is 31.5 Å². The fourth-order valence-corrected chi connectivity index (χ4v) is 3.38. The van der Waals surface area contributed by atoms with Gasteiger partial charge in [-0.1, -0.05) is 36.4 Å². The molecule has 0 unspecified atom stereocenters. The Morgan fingerprint density at radius 3 is 2.50 bits per heavy atom. The van der Waals surface area contributed by atoms with E-state index in [1.807, 2.05) is 0 Å². The first-order chi connectivity index (χ1) is 16.3. The molecule has 170 valence electrons. The van der Waals surface area contributed by atoms with Gasteiger partial charge in [0.1, 0.15) is 12.3 Å². The standard InChI is InChI=1S/C23H17N5O6/c29-19-11-4-2-9-17(19)22(31)26-25-21-16-8-1-3-10-18(16)27(23(21)32)13-20(30)24-14-6-5-7-15(12-14)28(33)34/h1-12,29,32H,13H2,(H,24,30). The minimum Gasteiger partial charge on any atom is -0.507 e. The van der Waals surface area contributed by atoms with Gasteiger partial charge in [0, 0.05) is 23.2 Å². The number of hydrogen-bond donors (Lipinski definition) is 3. The molecule has 34 heavy (non-hydrogen) atoms. The number of nitro benzene ring substituents is 1. The molecule has 0 aliphatic rings. The van der Waals surface area contributed by atoms with E-state index in [0.717, 1.165) is 0 Å². The molecule has 0 saturated carbocycles. The zero-order valence-corrected chi connectivity index (χ0v) is 17.5. The Hall–Kier alpha value is -5.06. The van der Waals surface area contributed by atoms with E-state index < -0.39 is 22.6 Å². The molecular formula is C23H17N5O6. The van der Waals surface area contributed by atoms with Crippen molar-refractivity contribution in [2.24, 2.45) is 10.2 Å². The van der Waals surface area contributed by atoms with Crippen molar-refractivity contribution < 1.29 is 24.7 Å². The van der Waals surface area contributed by atoms with Crippen LogP contribution < -0.4 is 5.32 Å². The second kappa shape index (κ2) is 9.20. The number of fused-ring (bicyclic) bond motifs is 1. The predicted octanol–water partition coefficient (Wildman–Crippen LogP) is 4.52. The van der Waals surface area contributed by atoms with Crippen LogP contribution in [0.25, 0.3) is 10.9 Å². The Morgan fingerprint density at radius 2 is 1.74 bits per heavy atom. The van der Waals surface area contributed by atoms with Crippen LogP contribution in [0.4, 0.5) is 17.1 Å². The molecule has 0 spiro atoms. The predicted molar refractivity (Wildman–Crippen MR) is 122 cm³/mol. The smallest absolute Gasteiger partial charge is 0.299 e. The van der Waals surface area contributed by atoms with Crippen molar-refractivity contribution in [1.82, 2.24) is 4.57 Å². The lowest BCUT2D eigenvalue weighted by atomic mass is 10.2. The zero-order valence-electron chi connectivity index (χ0n) is 17.5. The summed E-state index contributed by atoms with van der Waals surface area (Å²) < 4.78 is 1.28. The molecule has 11 heteroatoms. The topological polar surface area (TPSA) is 159 Å². The van der Waals surface area contributed by atoms with E-state index >= 15 is 0 Å². The number of nitrogens with zero attached hydrogens (tertiary/aromatic N) is 4. The highest BCUT2D eigenvalue weighted by Crippen LogP contribution is 2.39. The molecule has 3 N–H and O–H groups in total. The van der Waals surface area contributed by atoms with E-state index in [0.29, 0.717) is 10.9 Å². The van der Waals surface area contributed by atoms with Crippen molar-refractivity contribution >= 4 is 39.8 Å². The lowest BCUT2D eigenvalue weighted by Gasteiger charge is -2.08. The molecular weight excluding hydrogens is 442 g/mol. The number of rotatable bonds is 6. The third kappa shape index (κ3) is 4.43. The molecule has 0 aliphatic carbocycles. The Kier molecular flexibility index (Phi) is 5.99. The summed E-state index contributed by atoms with van der Waals surface area (Å²) in [6.45, 7) is -0.335. The first kappa shape index (κ1) is 22.1. The SMILES string of the molecule is O=C(Cn1c(O)c(N=NC(=O)c2ccccc2O)c2ccccc21)Nc1cccc([N+](=O)[O-])c1. The number of phenols is 1. The third-order valence-corrected chi connectivity index (χ3v) is 4.94. The van der Waals surface area contributed by atoms with E-state index in [1.54, 1.807) is 36.4 Å². The molecule has 3 aromatic carbocycles. The Bertz CT molecular complexity index is 1460. The first-order valence-corrected chi connectivity index (χ1v) is 9.93. The molecule has 0 aliphatic heterocycles. The first-order valence-electron chi connectivity index (χ1n) is 9.93. The zero-order chi connectivity index (χ0) is 24.2. The van der Waals surface area contributed by atoms with Gasteiger partial charge in [0.15, 0.2) is 5.69 Å². The van der Waals surface area contributed by atoms with Crippen molar-refractivity contribution in [3.05, 3.63) is 88.5 Å². The van der Waals surface area contributed by atoms with Gasteiger partial charge in [-0.15, -0.1) is 10.2 Å². The molecule has 1 aromatic heterocycles. The maximum absolute atomic E-state index is 12.6. The van der Waals surface area contributed by atoms with Crippen LogP contribution in [-0.2, 0) is 11.3 Å². The summed E-state index contributed by atoms with van der Waals surface area (Å²) in [5.41, 5.74) is 0.429. The summed E-state index contributed by atoms with van der Waals surface area (Å²) in [7, 11) is 0. The largest absolute Gasteiger partial charge is 0.507 e. The van der Waals surface area contributed by atoms with Crippen molar-refractivity contribution in [1.29, 1.82) is 0 Å². The summed E-state index contributed by atoms with van der Waals surface area (Å²) in [5, 5.41) is 42.0. The molecule has 4 rings (SSSR count). The highest BCUT2D eigenvalue weighted by Gasteiger charge is 2.19. The number of non-ortho nitro benzene ring substituents is 1. The molecule has 0 atom stereocenters. The van der Waals surface area contributed by atoms with Gasteiger partial charge in [-0.25, -0.2) is 0 Å².